The summed E-state index contributed by atoms with van der Waals surface area (Å²) in [7, 11) is 0. The van der Waals surface area contributed by atoms with E-state index in [0.29, 0.717) is 18.5 Å². The highest BCUT2D eigenvalue weighted by molar-refractivity contribution is 6.03. The van der Waals surface area contributed by atoms with E-state index in [1.54, 1.807) is 12.1 Å². The van der Waals surface area contributed by atoms with Crippen molar-refractivity contribution in [1.29, 1.82) is 0 Å². The molecule has 0 spiro atoms. The van der Waals surface area contributed by atoms with Crippen LogP contribution in [0, 0.1) is 11.8 Å². The maximum Gasteiger partial charge on any atom is 0.426 e. The largest absolute Gasteiger partial charge is 0.426 e. The second-order valence-electron chi connectivity index (χ2n) is 8.87. The molecule has 0 aromatic heterocycles. The monoisotopic (exact) mass is 437 g/mol. The van der Waals surface area contributed by atoms with E-state index in [-0.39, 0.29) is 23.5 Å². The third-order valence-corrected chi connectivity index (χ3v) is 5.13. The Labute approximate surface area is 189 Å². The fourth-order valence-electron chi connectivity index (χ4n) is 3.69. The maximum absolute atomic E-state index is 13.2. The number of cyclic esters (lactones) is 1. The van der Waals surface area contributed by atoms with Crippen LogP contribution in [0.4, 0.5) is 4.79 Å². The summed E-state index contributed by atoms with van der Waals surface area (Å²) in [6.07, 6.45) is -1.27. The molecule has 7 nitrogen and oxygen atoms in total. The number of benzene rings is 2. The van der Waals surface area contributed by atoms with Gasteiger partial charge in [-0.2, -0.15) is 5.43 Å². The number of rotatable bonds is 9. The van der Waals surface area contributed by atoms with Crippen LogP contribution in [0.5, 0.6) is 0 Å². The molecule has 1 aliphatic heterocycles. The quantitative estimate of drug-likeness (QED) is 0.619. The van der Waals surface area contributed by atoms with Gasteiger partial charge in [0.15, 0.2) is 0 Å². The standard InChI is InChI=1S/C25H31N3O4/c1-16(2)14-21(22(29)24-27-28(15-17(3)4)25(31)32-24)26-23(30)20-13-9-8-12-19(20)18-10-6-5-7-11-18/h5-13,16-17,21,24,27H,14-15H2,1-4H3,(H,26,30)/t21-,24?/m0/s1. The number of Topliss-reactive ketones (excluding diaryl/α,β-unsaturated/α-hetero) is 1. The first-order valence-electron chi connectivity index (χ1n) is 11.0. The summed E-state index contributed by atoms with van der Waals surface area (Å²) in [5.41, 5.74) is 5.03. The van der Waals surface area contributed by atoms with E-state index in [9.17, 15) is 14.4 Å². The number of nitrogens with one attached hydrogen (secondary N) is 2. The molecule has 0 aliphatic carbocycles. The van der Waals surface area contributed by atoms with Gasteiger partial charge in [-0.05, 0) is 35.4 Å². The molecule has 1 saturated heterocycles. The molecule has 2 N–H and O–H groups in total. The summed E-state index contributed by atoms with van der Waals surface area (Å²) < 4.78 is 5.25. The van der Waals surface area contributed by atoms with E-state index in [0.717, 1.165) is 11.1 Å². The molecule has 1 unspecified atom stereocenters. The van der Waals surface area contributed by atoms with Crippen molar-refractivity contribution in [2.45, 2.75) is 46.4 Å². The summed E-state index contributed by atoms with van der Waals surface area (Å²) in [6.45, 7) is 8.31. The minimum absolute atomic E-state index is 0.150. The smallest absolute Gasteiger partial charge is 0.420 e. The van der Waals surface area contributed by atoms with Crippen molar-refractivity contribution >= 4 is 17.8 Å². The minimum atomic E-state index is -1.12. The van der Waals surface area contributed by atoms with Gasteiger partial charge in [-0.1, -0.05) is 76.2 Å². The first-order chi connectivity index (χ1) is 15.3. The Morgan fingerprint density at radius 2 is 1.66 bits per heavy atom. The first-order valence-corrected chi connectivity index (χ1v) is 11.0. The number of nitrogens with zero attached hydrogens (tertiary/aromatic N) is 1. The normalized spacial score (nSPS) is 16.9. The van der Waals surface area contributed by atoms with Crippen LogP contribution in [0.3, 0.4) is 0 Å². The van der Waals surface area contributed by atoms with Crippen molar-refractivity contribution < 1.29 is 19.1 Å². The Kier molecular flexibility index (Phi) is 7.64. The molecule has 2 aromatic rings. The van der Waals surface area contributed by atoms with Gasteiger partial charge in [-0.15, -0.1) is 0 Å². The molecule has 170 valence electrons. The lowest BCUT2D eigenvalue weighted by molar-refractivity contribution is -0.129. The van der Waals surface area contributed by atoms with E-state index in [4.69, 9.17) is 4.74 Å². The lowest BCUT2D eigenvalue weighted by atomic mass is 9.96. The fourth-order valence-corrected chi connectivity index (χ4v) is 3.69. The summed E-state index contributed by atoms with van der Waals surface area (Å²) in [4.78, 5) is 38.5. The molecule has 0 saturated carbocycles. The Bertz CT molecular complexity index is 959. The maximum atomic E-state index is 13.2. The van der Waals surface area contributed by atoms with Gasteiger partial charge in [0.2, 0.25) is 12.0 Å². The molecule has 2 aromatic carbocycles. The molecule has 2 amide bonds. The van der Waals surface area contributed by atoms with Crippen molar-refractivity contribution in [1.82, 2.24) is 15.8 Å². The summed E-state index contributed by atoms with van der Waals surface area (Å²) in [5.74, 6) is -0.349. The molecular weight excluding hydrogens is 406 g/mol. The molecule has 0 bridgehead atoms. The highest BCUT2D eigenvalue weighted by Gasteiger charge is 2.39. The fraction of sp³-hybridized carbons (Fsp3) is 0.400. The molecule has 1 fully saturated rings. The SMILES string of the molecule is CC(C)C[C@H](NC(=O)c1ccccc1-c1ccccc1)C(=O)C1NN(CC(C)C)C(=O)O1. The Balaban J connectivity index is 1.79. The second kappa shape index (κ2) is 10.4. The predicted octanol–water partition coefficient (Wildman–Crippen LogP) is 4.01. The van der Waals surface area contributed by atoms with E-state index in [1.807, 2.05) is 70.2 Å². The number of hydrazine groups is 1. The molecule has 7 heteroatoms. The van der Waals surface area contributed by atoms with Crippen LogP contribution < -0.4 is 10.7 Å². The van der Waals surface area contributed by atoms with Gasteiger partial charge < -0.3 is 10.1 Å². The lowest BCUT2D eigenvalue weighted by Gasteiger charge is -2.23. The minimum Gasteiger partial charge on any atom is -0.420 e. The lowest BCUT2D eigenvalue weighted by Crippen LogP contribution is -2.51. The first kappa shape index (κ1) is 23.5. The Morgan fingerprint density at radius 3 is 2.31 bits per heavy atom. The molecule has 2 atom stereocenters. The number of amides is 2. The zero-order valence-corrected chi connectivity index (χ0v) is 19.0. The summed E-state index contributed by atoms with van der Waals surface area (Å²) in [6, 6.07) is 16.1. The second-order valence-corrected chi connectivity index (χ2v) is 8.87. The highest BCUT2D eigenvalue weighted by atomic mass is 16.6. The van der Waals surface area contributed by atoms with Crippen LogP contribution in [-0.4, -0.2) is 41.6 Å². The van der Waals surface area contributed by atoms with Crippen LogP contribution in [-0.2, 0) is 9.53 Å². The molecular formula is C25H31N3O4. The van der Waals surface area contributed by atoms with Gasteiger partial charge in [-0.3, -0.25) is 9.59 Å². The zero-order chi connectivity index (χ0) is 23.3. The van der Waals surface area contributed by atoms with Crippen molar-refractivity contribution in [2.75, 3.05) is 6.54 Å². The molecule has 3 rings (SSSR count). The van der Waals surface area contributed by atoms with Gasteiger partial charge in [0.05, 0.1) is 6.04 Å². The van der Waals surface area contributed by atoms with Crippen LogP contribution in [0.2, 0.25) is 0 Å². The molecule has 0 radical (unpaired) electrons. The van der Waals surface area contributed by atoms with Crippen molar-refractivity contribution in [3.63, 3.8) is 0 Å². The Hall–Kier alpha value is -3.19. The van der Waals surface area contributed by atoms with E-state index in [2.05, 4.69) is 10.7 Å². The number of hydrogen-bond donors (Lipinski definition) is 2. The van der Waals surface area contributed by atoms with Gasteiger partial charge in [-0.25, -0.2) is 9.80 Å². The van der Waals surface area contributed by atoms with Crippen LogP contribution in [0.25, 0.3) is 11.1 Å². The molecule has 32 heavy (non-hydrogen) atoms. The van der Waals surface area contributed by atoms with Crippen LogP contribution in [0.15, 0.2) is 54.6 Å². The summed E-state index contributed by atoms with van der Waals surface area (Å²) in [5, 5.41) is 4.20. The van der Waals surface area contributed by atoms with E-state index >= 15 is 0 Å². The molecule has 1 aliphatic rings. The number of hydrogen-bond acceptors (Lipinski definition) is 5. The van der Waals surface area contributed by atoms with Crippen molar-refractivity contribution in [3.8, 4) is 11.1 Å². The van der Waals surface area contributed by atoms with Gasteiger partial charge >= 0.3 is 6.09 Å². The van der Waals surface area contributed by atoms with Crippen molar-refractivity contribution in [3.05, 3.63) is 60.2 Å². The number of carbonyl (C=O) groups excluding carboxylic acids is 3. The van der Waals surface area contributed by atoms with Crippen LogP contribution >= 0.6 is 0 Å². The average molecular weight is 438 g/mol. The zero-order valence-electron chi connectivity index (χ0n) is 19.0. The van der Waals surface area contributed by atoms with Gasteiger partial charge in [0.25, 0.3) is 5.91 Å². The number of ether oxygens (including phenoxy) is 1. The number of carbonyl (C=O) groups is 3. The topological polar surface area (TPSA) is 87.7 Å². The average Bonchev–Trinajstić information content (AvgIpc) is 3.12. The van der Waals surface area contributed by atoms with Crippen molar-refractivity contribution in [2.24, 2.45) is 11.8 Å². The molecule has 1 heterocycles. The van der Waals surface area contributed by atoms with Gasteiger partial charge in [0.1, 0.15) is 0 Å². The van der Waals surface area contributed by atoms with Gasteiger partial charge in [0, 0.05) is 12.1 Å². The van der Waals surface area contributed by atoms with E-state index < -0.39 is 18.4 Å². The number of ketones is 1. The highest BCUT2D eigenvalue weighted by Crippen LogP contribution is 2.24. The van der Waals surface area contributed by atoms with Crippen LogP contribution in [0.1, 0.15) is 44.5 Å². The third-order valence-electron chi connectivity index (χ3n) is 5.13. The van der Waals surface area contributed by atoms with E-state index in [1.165, 1.54) is 5.01 Å². The third kappa shape index (κ3) is 5.73. The Morgan fingerprint density at radius 1 is 1.00 bits per heavy atom. The predicted molar refractivity (Wildman–Crippen MR) is 123 cm³/mol. The summed E-state index contributed by atoms with van der Waals surface area (Å²) >= 11 is 0.